The molecule has 0 unspecified atom stereocenters. The number of carboxylic acid groups (broad SMARTS) is 1. The van der Waals surface area contributed by atoms with Gasteiger partial charge in [0.15, 0.2) is 11.3 Å². The second-order valence-corrected chi connectivity index (χ2v) is 3.72. The molecule has 0 radical (unpaired) electrons. The standard InChI is InChI=1S/C10H5ClN4O2/c11-10-14-6-1-2-12-3-5(6)8-13-4-7(9(16)17)15(8)10/h1-4H,(H,16,17). The van der Waals surface area contributed by atoms with Crippen molar-refractivity contribution in [1.29, 1.82) is 0 Å². The molecule has 0 aliphatic carbocycles. The van der Waals surface area contributed by atoms with Crippen LogP contribution in [0.5, 0.6) is 0 Å². The number of hydrogen-bond acceptors (Lipinski definition) is 4. The predicted octanol–water partition coefficient (Wildman–Crippen LogP) is 1.63. The van der Waals surface area contributed by atoms with Gasteiger partial charge in [-0.25, -0.2) is 14.8 Å². The Hall–Kier alpha value is -2.21. The summed E-state index contributed by atoms with van der Waals surface area (Å²) in [5.74, 6) is -1.11. The van der Waals surface area contributed by atoms with E-state index in [1.54, 1.807) is 18.5 Å². The Morgan fingerprint density at radius 3 is 3.00 bits per heavy atom. The van der Waals surface area contributed by atoms with Gasteiger partial charge >= 0.3 is 5.97 Å². The zero-order valence-electron chi connectivity index (χ0n) is 8.33. The van der Waals surface area contributed by atoms with Gasteiger partial charge in [0.05, 0.1) is 17.1 Å². The summed E-state index contributed by atoms with van der Waals surface area (Å²) < 4.78 is 1.29. The zero-order valence-corrected chi connectivity index (χ0v) is 9.09. The molecule has 0 bridgehead atoms. The van der Waals surface area contributed by atoms with Gasteiger partial charge < -0.3 is 5.11 Å². The SMILES string of the molecule is O=C(O)c1cnc2c3cnccc3nc(Cl)n12. The summed E-state index contributed by atoms with van der Waals surface area (Å²) in [6.07, 6.45) is 4.41. The number of nitrogens with zero attached hydrogens (tertiary/aromatic N) is 4. The van der Waals surface area contributed by atoms with E-state index >= 15 is 0 Å². The van der Waals surface area contributed by atoms with Gasteiger partial charge in [-0.15, -0.1) is 0 Å². The van der Waals surface area contributed by atoms with E-state index < -0.39 is 5.97 Å². The van der Waals surface area contributed by atoms with E-state index in [1.807, 2.05) is 0 Å². The van der Waals surface area contributed by atoms with Gasteiger partial charge in [0.25, 0.3) is 0 Å². The van der Waals surface area contributed by atoms with E-state index in [0.29, 0.717) is 16.6 Å². The molecule has 1 N–H and O–H groups in total. The molecule has 0 spiro atoms. The van der Waals surface area contributed by atoms with Crippen LogP contribution < -0.4 is 0 Å². The molecule has 3 aromatic rings. The van der Waals surface area contributed by atoms with Crippen molar-refractivity contribution in [3.8, 4) is 0 Å². The molecule has 0 aliphatic heterocycles. The minimum absolute atomic E-state index is 0.0248. The molecule has 0 saturated heterocycles. The molecule has 0 aromatic carbocycles. The average molecular weight is 249 g/mol. The number of pyridine rings is 1. The maximum absolute atomic E-state index is 11.0. The van der Waals surface area contributed by atoms with E-state index in [0.717, 1.165) is 0 Å². The third-order valence-electron chi connectivity index (χ3n) is 2.42. The Kier molecular flexibility index (Phi) is 1.99. The lowest BCUT2D eigenvalue weighted by Gasteiger charge is -2.03. The molecule has 3 heterocycles. The minimum atomic E-state index is -1.11. The summed E-state index contributed by atoms with van der Waals surface area (Å²) in [5, 5.41) is 9.73. The first kappa shape index (κ1) is 9.98. The molecular weight excluding hydrogens is 244 g/mol. The number of aromatic carboxylic acids is 1. The Morgan fingerprint density at radius 1 is 1.41 bits per heavy atom. The van der Waals surface area contributed by atoms with Gasteiger partial charge in [-0.1, -0.05) is 0 Å². The summed E-state index contributed by atoms with van der Waals surface area (Å²) in [6.45, 7) is 0. The summed E-state index contributed by atoms with van der Waals surface area (Å²) in [7, 11) is 0. The Bertz CT molecular complexity index is 752. The van der Waals surface area contributed by atoms with Crippen molar-refractivity contribution < 1.29 is 9.90 Å². The van der Waals surface area contributed by atoms with Gasteiger partial charge in [-0.05, 0) is 17.7 Å². The van der Waals surface area contributed by atoms with Crippen LogP contribution in [0, 0.1) is 0 Å². The smallest absolute Gasteiger partial charge is 0.354 e. The highest BCUT2D eigenvalue weighted by Crippen LogP contribution is 2.21. The van der Waals surface area contributed by atoms with Crippen LogP contribution in [0.1, 0.15) is 10.5 Å². The van der Waals surface area contributed by atoms with Gasteiger partial charge in [0, 0.05) is 12.4 Å². The number of imidazole rings is 1. The zero-order chi connectivity index (χ0) is 12.0. The number of hydrogen-bond donors (Lipinski definition) is 1. The number of aromatic nitrogens is 4. The molecule has 0 aliphatic rings. The van der Waals surface area contributed by atoms with Gasteiger partial charge in [0.1, 0.15) is 0 Å². The summed E-state index contributed by atoms with van der Waals surface area (Å²) >= 11 is 5.95. The van der Waals surface area contributed by atoms with Crippen LogP contribution in [0.15, 0.2) is 24.7 Å². The minimum Gasteiger partial charge on any atom is -0.477 e. The molecule has 0 fully saturated rings. The fourth-order valence-corrected chi connectivity index (χ4v) is 1.95. The molecule has 3 rings (SSSR count). The molecule has 0 atom stereocenters. The number of rotatable bonds is 1. The van der Waals surface area contributed by atoms with Gasteiger partial charge in [-0.2, -0.15) is 0 Å². The highest BCUT2D eigenvalue weighted by molar-refractivity contribution is 6.29. The van der Waals surface area contributed by atoms with Crippen LogP contribution in [-0.4, -0.2) is 30.4 Å². The number of halogens is 1. The lowest BCUT2D eigenvalue weighted by atomic mass is 10.3. The van der Waals surface area contributed by atoms with Crippen LogP contribution in [0.2, 0.25) is 5.28 Å². The van der Waals surface area contributed by atoms with Crippen molar-refractivity contribution in [3.63, 3.8) is 0 Å². The third-order valence-corrected chi connectivity index (χ3v) is 2.67. The first-order valence-corrected chi connectivity index (χ1v) is 5.06. The van der Waals surface area contributed by atoms with Crippen molar-refractivity contribution in [3.05, 3.63) is 35.6 Å². The van der Waals surface area contributed by atoms with E-state index in [9.17, 15) is 4.79 Å². The van der Waals surface area contributed by atoms with E-state index in [4.69, 9.17) is 16.7 Å². The molecule has 3 aromatic heterocycles. The molecule has 6 nitrogen and oxygen atoms in total. The van der Waals surface area contributed by atoms with Gasteiger partial charge in [0.2, 0.25) is 5.28 Å². The predicted molar refractivity (Wildman–Crippen MR) is 60.3 cm³/mol. The monoisotopic (exact) mass is 248 g/mol. The highest BCUT2D eigenvalue weighted by Gasteiger charge is 2.16. The lowest BCUT2D eigenvalue weighted by Crippen LogP contribution is -2.04. The van der Waals surface area contributed by atoms with Crippen molar-refractivity contribution in [2.75, 3.05) is 0 Å². The third kappa shape index (κ3) is 1.34. The fraction of sp³-hybridized carbons (Fsp3) is 0. The fourth-order valence-electron chi connectivity index (χ4n) is 1.69. The number of carboxylic acids is 1. The van der Waals surface area contributed by atoms with Crippen molar-refractivity contribution in [2.24, 2.45) is 0 Å². The Balaban J connectivity index is 2.56. The summed E-state index contributed by atoms with van der Waals surface area (Å²) in [6, 6.07) is 1.69. The van der Waals surface area contributed by atoms with Crippen LogP contribution in [0.4, 0.5) is 0 Å². The van der Waals surface area contributed by atoms with E-state index in [2.05, 4.69) is 15.0 Å². The van der Waals surface area contributed by atoms with Crippen LogP contribution >= 0.6 is 11.6 Å². The van der Waals surface area contributed by atoms with Crippen LogP contribution in [0.3, 0.4) is 0 Å². The van der Waals surface area contributed by atoms with E-state index in [1.165, 1.54) is 10.6 Å². The second-order valence-electron chi connectivity index (χ2n) is 3.38. The molecule has 7 heteroatoms. The Labute approximate surface area is 99.5 Å². The number of fused-ring (bicyclic) bond motifs is 3. The van der Waals surface area contributed by atoms with Gasteiger partial charge in [-0.3, -0.25) is 9.38 Å². The molecule has 0 amide bonds. The van der Waals surface area contributed by atoms with Crippen LogP contribution in [0.25, 0.3) is 16.6 Å². The molecule has 0 saturated carbocycles. The van der Waals surface area contributed by atoms with Crippen LogP contribution in [-0.2, 0) is 0 Å². The van der Waals surface area contributed by atoms with Crippen molar-refractivity contribution >= 4 is 34.1 Å². The normalized spacial score (nSPS) is 11.1. The first-order chi connectivity index (χ1) is 8.18. The van der Waals surface area contributed by atoms with Crippen molar-refractivity contribution in [1.82, 2.24) is 19.4 Å². The van der Waals surface area contributed by atoms with Crippen molar-refractivity contribution in [2.45, 2.75) is 0 Å². The average Bonchev–Trinajstić information content (AvgIpc) is 2.74. The maximum Gasteiger partial charge on any atom is 0.354 e. The molecule has 17 heavy (non-hydrogen) atoms. The largest absolute Gasteiger partial charge is 0.477 e. The summed E-state index contributed by atoms with van der Waals surface area (Å²) in [4.78, 5) is 23.1. The molecular formula is C10H5ClN4O2. The summed E-state index contributed by atoms with van der Waals surface area (Å²) in [5.41, 5.74) is 1.04. The highest BCUT2D eigenvalue weighted by atomic mass is 35.5. The molecule has 84 valence electrons. The maximum atomic E-state index is 11.0. The number of carbonyl (C=O) groups is 1. The Morgan fingerprint density at radius 2 is 2.24 bits per heavy atom. The first-order valence-electron chi connectivity index (χ1n) is 4.68. The topological polar surface area (TPSA) is 80.4 Å². The quantitative estimate of drug-likeness (QED) is 0.662. The lowest BCUT2D eigenvalue weighted by molar-refractivity contribution is 0.0689. The second kappa shape index (κ2) is 3.39. The van der Waals surface area contributed by atoms with E-state index in [-0.39, 0.29) is 11.0 Å².